The molecule has 0 saturated heterocycles. The van der Waals surface area contributed by atoms with E-state index in [-0.39, 0.29) is 5.84 Å². The molecule has 19 heavy (non-hydrogen) atoms. The van der Waals surface area contributed by atoms with E-state index < -0.39 is 5.82 Å². The Morgan fingerprint density at radius 3 is 2.95 bits per heavy atom. The van der Waals surface area contributed by atoms with E-state index in [2.05, 4.69) is 15.1 Å². The van der Waals surface area contributed by atoms with Crippen LogP contribution in [-0.4, -0.2) is 21.0 Å². The van der Waals surface area contributed by atoms with Gasteiger partial charge in [0.05, 0.1) is 6.20 Å². The van der Waals surface area contributed by atoms with Crippen LogP contribution in [0.4, 0.5) is 4.39 Å². The number of amidine groups is 1. The molecule has 5 nitrogen and oxygen atoms in total. The fourth-order valence-electron chi connectivity index (χ4n) is 1.48. The van der Waals surface area contributed by atoms with Gasteiger partial charge < -0.3 is 10.9 Å². The summed E-state index contributed by atoms with van der Waals surface area (Å²) in [6, 6.07) is 4.18. The molecule has 0 saturated carbocycles. The highest BCUT2D eigenvalue weighted by Gasteiger charge is 2.09. The van der Waals surface area contributed by atoms with Crippen LogP contribution in [0.25, 0.3) is 0 Å². The summed E-state index contributed by atoms with van der Waals surface area (Å²) in [5, 5.41) is 12.4. The van der Waals surface area contributed by atoms with Gasteiger partial charge in [0.25, 0.3) is 0 Å². The predicted octanol–water partition coefficient (Wildman–Crippen LogP) is 2.00. The first-order chi connectivity index (χ1) is 9.20. The molecule has 0 unspecified atom stereocenters. The average molecular weight is 278 g/mol. The Bertz CT molecular complexity index is 592. The number of benzene rings is 1. The Morgan fingerprint density at radius 1 is 1.42 bits per heavy atom. The van der Waals surface area contributed by atoms with Crippen molar-refractivity contribution in [3.8, 4) is 0 Å². The smallest absolute Gasteiger partial charge is 0.170 e. The molecule has 1 aromatic heterocycles. The summed E-state index contributed by atoms with van der Waals surface area (Å²) in [5.74, 6) is -0.0334. The predicted molar refractivity (Wildman–Crippen MR) is 70.5 cm³/mol. The van der Waals surface area contributed by atoms with Crippen LogP contribution >= 0.6 is 11.8 Å². The molecule has 0 aliphatic carbocycles. The summed E-state index contributed by atoms with van der Waals surface area (Å²) in [6.07, 6.45) is 4.82. The van der Waals surface area contributed by atoms with E-state index in [0.717, 1.165) is 10.6 Å². The fourth-order valence-corrected chi connectivity index (χ4v) is 2.30. The molecule has 1 aromatic carbocycles. The van der Waals surface area contributed by atoms with E-state index >= 15 is 0 Å². The summed E-state index contributed by atoms with van der Waals surface area (Å²) in [7, 11) is 0. The zero-order valence-electron chi connectivity index (χ0n) is 9.82. The van der Waals surface area contributed by atoms with Gasteiger partial charge in [-0.25, -0.2) is 9.37 Å². The average Bonchev–Trinajstić information content (AvgIpc) is 2.46. The van der Waals surface area contributed by atoms with Gasteiger partial charge in [-0.1, -0.05) is 11.2 Å². The monoisotopic (exact) mass is 278 g/mol. The lowest BCUT2D eigenvalue weighted by molar-refractivity contribution is 0.318. The van der Waals surface area contributed by atoms with Gasteiger partial charge in [-0.2, -0.15) is 0 Å². The van der Waals surface area contributed by atoms with Gasteiger partial charge in [0.2, 0.25) is 0 Å². The minimum Gasteiger partial charge on any atom is -0.409 e. The zero-order valence-corrected chi connectivity index (χ0v) is 10.6. The van der Waals surface area contributed by atoms with Gasteiger partial charge in [0.15, 0.2) is 5.84 Å². The van der Waals surface area contributed by atoms with Crippen LogP contribution in [0, 0.1) is 5.82 Å². The van der Waals surface area contributed by atoms with Crippen LogP contribution in [0.2, 0.25) is 0 Å². The second kappa shape index (κ2) is 6.14. The van der Waals surface area contributed by atoms with Gasteiger partial charge >= 0.3 is 0 Å². The Labute approximate surface area is 113 Å². The summed E-state index contributed by atoms with van der Waals surface area (Å²) >= 11 is 1.43. The van der Waals surface area contributed by atoms with Crippen molar-refractivity contribution in [3.63, 3.8) is 0 Å². The number of rotatable bonds is 4. The molecule has 98 valence electrons. The molecule has 0 radical (unpaired) electrons. The second-order valence-corrected chi connectivity index (χ2v) is 4.61. The highest BCUT2D eigenvalue weighted by Crippen LogP contribution is 2.22. The second-order valence-electron chi connectivity index (χ2n) is 3.62. The van der Waals surface area contributed by atoms with Crippen molar-refractivity contribution in [2.24, 2.45) is 10.9 Å². The van der Waals surface area contributed by atoms with E-state index in [9.17, 15) is 4.39 Å². The molecule has 0 aliphatic rings. The topological polar surface area (TPSA) is 84.4 Å². The zero-order chi connectivity index (χ0) is 13.7. The fraction of sp³-hybridized carbons (Fsp3) is 0.0833. The molecule has 0 spiro atoms. The number of nitrogens with zero attached hydrogens (tertiary/aromatic N) is 3. The van der Waals surface area contributed by atoms with Crippen molar-refractivity contribution in [2.45, 2.75) is 10.8 Å². The summed E-state index contributed by atoms with van der Waals surface area (Å²) in [4.78, 5) is 8.07. The molecular weight excluding hydrogens is 267 g/mol. The largest absolute Gasteiger partial charge is 0.409 e. The first kappa shape index (κ1) is 13.3. The van der Waals surface area contributed by atoms with Crippen molar-refractivity contribution in [3.05, 3.63) is 53.7 Å². The maximum absolute atomic E-state index is 13.2. The van der Waals surface area contributed by atoms with Gasteiger partial charge in [-0.3, -0.25) is 4.98 Å². The van der Waals surface area contributed by atoms with E-state index in [4.69, 9.17) is 10.9 Å². The van der Waals surface area contributed by atoms with Crippen LogP contribution in [0.1, 0.15) is 11.1 Å². The molecule has 0 bridgehead atoms. The van der Waals surface area contributed by atoms with Crippen molar-refractivity contribution in [2.75, 3.05) is 0 Å². The number of oxime groups is 1. The Kier molecular flexibility index (Phi) is 4.30. The number of halogens is 1. The van der Waals surface area contributed by atoms with Gasteiger partial charge in [0.1, 0.15) is 10.8 Å². The van der Waals surface area contributed by atoms with Crippen molar-refractivity contribution in [1.82, 2.24) is 9.97 Å². The molecule has 3 N–H and O–H groups in total. The maximum atomic E-state index is 13.2. The van der Waals surface area contributed by atoms with Crippen molar-refractivity contribution < 1.29 is 9.60 Å². The van der Waals surface area contributed by atoms with E-state index in [1.165, 1.54) is 23.9 Å². The van der Waals surface area contributed by atoms with Gasteiger partial charge in [-0.05, 0) is 17.7 Å². The molecule has 0 aliphatic heterocycles. The van der Waals surface area contributed by atoms with E-state index in [0.29, 0.717) is 11.3 Å². The molecule has 0 atom stereocenters. The Morgan fingerprint density at radius 2 is 2.26 bits per heavy atom. The third kappa shape index (κ3) is 3.41. The SMILES string of the molecule is NC(=NO)c1cc(F)ccc1CSc1cnccn1. The lowest BCUT2D eigenvalue weighted by Crippen LogP contribution is -2.15. The summed E-state index contributed by atoms with van der Waals surface area (Å²) < 4.78 is 13.2. The number of nitrogens with two attached hydrogens (primary N) is 1. The molecule has 2 aromatic rings. The highest BCUT2D eigenvalue weighted by atomic mass is 32.2. The number of thioether (sulfide) groups is 1. The van der Waals surface area contributed by atoms with Crippen LogP contribution in [0.3, 0.4) is 0 Å². The third-order valence-electron chi connectivity index (χ3n) is 2.37. The number of aromatic nitrogens is 2. The van der Waals surface area contributed by atoms with Crippen molar-refractivity contribution >= 4 is 17.6 Å². The first-order valence-electron chi connectivity index (χ1n) is 5.36. The minimum atomic E-state index is -0.435. The lowest BCUT2D eigenvalue weighted by atomic mass is 10.1. The van der Waals surface area contributed by atoms with Crippen LogP contribution in [0.15, 0.2) is 47.0 Å². The molecule has 2 rings (SSSR count). The normalized spacial score (nSPS) is 11.5. The minimum absolute atomic E-state index is 0.116. The van der Waals surface area contributed by atoms with Crippen LogP contribution < -0.4 is 5.73 Å². The molecule has 0 fully saturated rings. The quantitative estimate of drug-likeness (QED) is 0.294. The molecular formula is C12H11FN4OS. The number of hydrogen-bond donors (Lipinski definition) is 2. The Hall–Kier alpha value is -2.15. The third-order valence-corrected chi connectivity index (χ3v) is 3.33. The van der Waals surface area contributed by atoms with Gasteiger partial charge in [-0.15, -0.1) is 11.8 Å². The molecule has 0 amide bonds. The standard InChI is InChI=1S/C12H11FN4OS/c13-9-2-1-8(10(5-9)12(14)17-18)7-19-11-6-15-3-4-16-11/h1-6,18H,7H2,(H2,14,17). The van der Waals surface area contributed by atoms with Crippen molar-refractivity contribution in [1.29, 1.82) is 0 Å². The van der Waals surface area contributed by atoms with Crippen LogP contribution in [0.5, 0.6) is 0 Å². The highest BCUT2D eigenvalue weighted by molar-refractivity contribution is 7.98. The summed E-state index contributed by atoms with van der Waals surface area (Å²) in [5.41, 5.74) is 6.66. The molecule has 7 heteroatoms. The molecule has 1 heterocycles. The number of hydrogen-bond acceptors (Lipinski definition) is 5. The van der Waals surface area contributed by atoms with Crippen LogP contribution in [-0.2, 0) is 5.75 Å². The lowest BCUT2D eigenvalue weighted by Gasteiger charge is -2.07. The van der Waals surface area contributed by atoms with Gasteiger partial charge in [0, 0.05) is 23.7 Å². The summed E-state index contributed by atoms with van der Waals surface area (Å²) in [6.45, 7) is 0. The van der Waals surface area contributed by atoms with E-state index in [1.54, 1.807) is 24.7 Å². The first-order valence-corrected chi connectivity index (χ1v) is 6.34. The van der Waals surface area contributed by atoms with E-state index in [1.807, 2.05) is 0 Å². The Balaban J connectivity index is 2.20. The maximum Gasteiger partial charge on any atom is 0.170 e.